The van der Waals surface area contributed by atoms with Gasteiger partial charge in [-0.25, -0.2) is 0 Å². The van der Waals surface area contributed by atoms with Gasteiger partial charge >= 0.3 is 0 Å². The van der Waals surface area contributed by atoms with Crippen molar-refractivity contribution in [1.82, 2.24) is 10.1 Å². The van der Waals surface area contributed by atoms with Crippen molar-refractivity contribution >= 4 is 17.4 Å². The van der Waals surface area contributed by atoms with Crippen LogP contribution in [0.4, 0.5) is 5.69 Å². The van der Waals surface area contributed by atoms with E-state index >= 15 is 0 Å². The molecular weight excluding hydrogens is 246 g/mol. The van der Waals surface area contributed by atoms with Crippen LogP contribution in [-0.2, 0) is 11.3 Å². The number of Topliss-reactive ketones (excluding diaryl/α,β-unsaturated/α-hetero) is 1. The van der Waals surface area contributed by atoms with Crippen LogP contribution >= 0.6 is 0 Å². The molecule has 2 aromatic rings. The summed E-state index contributed by atoms with van der Waals surface area (Å²) in [4.78, 5) is 29.3. The molecule has 0 radical (unpaired) electrons. The number of aryl methyl sites for hydroxylation is 2. The smallest absolute Gasteiger partial charge is 0.299 e. The van der Waals surface area contributed by atoms with Crippen LogP contribution in [-0.4, -0.2) is 21.8 Å². The molecule has 96 valence electrons. The van der Waals surface area contributed by atoms with Crippen LogP contribution < -0.4 is 4.90 Å². The Balaban J connectivity index is 1.99. The first kappa shape index (κ1) is 11.6. The largest absolute Gasteiger partial charge is 0.337 e. The average molecular weight is 257 g/mol. The van der Waals surface area contributed by atoms with Gasteiger partial charge in [0.05, 0.1) is 11.3 Å². The molecule has 0 fully saturated rings. The van der Waals surface area contributed by atoms with Gasteiger partial charge in [-0.15, -0.1) is 0 Å². The second-order valence-electron chi connectivity index (χ2n) is 4.48. The molecule has 6 heteroatoms. The zero-order valence-electron chi connectivity index (χ0n) is 10.5. The van der Waals surface area contributed by atoms with Gasteiger partial charge < -0.3 is 4.52 Å². The molecular formula is C13H11N3O3. The fraction of sp³-hybridized carbons (Fsp3) is 0.231. The molecule has 2 heterocycles. The van der Waals surface area contributed by atoms with Gasteiger partial charge in [-0.05, 0) is 26.0 Å². The predicted molar refractivity (Wildman–Crippen MR) is 65.7 cm³/mol. The van der Waals surface area contributed by atoms with E-state index in [4.69, 9.17) is 4.52 Å². The molecule has 0 atom stereocenters. The number of carbonyl (C=O) groups is 2. The molecule has 1 aromatic heterocycles. The number of ketones is 1. The Kier molecular flexibility index (Phi) is 2.45. The summed E-state index contributed by atoms with van der Waals surface area (Å²) in [5.41, 5.74) is 1.97. The molecule has 0 bridgehead atoms. The summed E-state index contributed by atoms with van der Waals surface area (Å²) in [7, 11) is 0. The minimum absolute atomic E-state index is 0.113. The molecule has 1 aromatic carbocycles. The fourth-order valence-electron chi connectivity index (χ4n) is 2.11. The Bertz CT molecular complexity index is 690. The van der Waals surface area contributed by atoms with Crippen molar-refractivity contribution in [2.75, 3.05) is 4.90 Å². The van der Waals surface area contributed by atoms with E-state index in [1.165, 1.54) is 4.90 Å². The zero-order chi connectivity index (χ0) is 13.6. The van der Waals surface area contributed by atoms with E-state index in [1.807, 2.05) is 13.0 Å². The summed E-state index contributed by atoms with van der Waals surface area (Å²) < 4.78 is 4.98. The summed E-state index contributed by atoms with van der Waals surface area (Å²) in [6.45, 7) is 3.69. The highest BCUT2D eigenvalue weighted by molar-refractivity contribution is 6.52. The summed E-state index contributed by atoms with van der Waals surface area (Å²) >= 11 is 0. The lowest BCUT2D eigenvalue weighted by molar-refractivity contribution is -0.114. The maximum absolute atomic E-state index is 12.0. The van der Waals surface area contributed by atoms with Crippen molar-refractivity contribution in [3.8, 4) is 0 Å². The Morgan fingerprint density at radius 2 is 2.05 bits per heavy atom. The molecule has 0 aliphatic carbocycles. The van der Waals surface area contributed by atoms with Gasteiger partial charge in [0.2, 0.25) is 5.89 Å². The second kappa shape index (κ2) is 4.01. The monoisotopic (exact) mass is 257 g/mol. The molecule has 6 nitrogen and oxygen atoms in total. The lowest BCUT2D eigenvalue weighted by Crippen LogP contribution is -2.29. The van der Waals surface area contributed by atoms with Gasteiger partial charge in [0, 0.05) is 0 Å². The van der Waals surface area contributed by atoms with E-state index in [0.29, 0.717) is 23.0 Å². The molecule has 0 saturated heterocycles. The van der Waals surface area contributed by atoms with Gasteiger partial charge in [0.15, 0.2) is 5.82 Å². The van der Waals surface area contributed by atoms with Crippen molar-refractivity contribution in [2.24, 2.45) is 0 Å². The number of amides is 1. The first-order valence-electron chi connectivity index (χ1n) is 5.82. The quantitative estimate of drug-likeness (QED) is 0.760. The van der Waals surface area contributed by atoms with Crippen molar-refractivity contribution in [1.29, 1.82) is 0 Å². The van der Waals surface area contributed by atoms with Crippen LogP contribution in [0.3, 0.4) is 0 Å². The Morgan fingerprint density at radius 3 is 2.74 bits per heavy atom. The highest BCUT2D eigenvalue weighted by atomic mass is 16.5. The molecule has 0 unspecified atom stereocenters. The third-order valence-corrected chi connectivity index (χ3v) is 2.99. The molecule has 1 amide bonds. The first-order valence-corrected chi connectivity index (χ1v) is 5.82. The van der Waals surface area contributed by atoms with Gasteiger partial charge in [-0.2, -0.15) is 4.98 Å². The van der Waals surface area contributed by atoms with Crippen LogP contribution in [0, 0.1) is 13.8 Å². The zero-order valence-corrected chi connectivity index (χ0v) is 10.5. The summed E-state index contributed by atoms with van der Waals surface area (Å²) in [5, 5.41) is 3.66. The van der Waals surface area contributed by atoms with Gasteiger partial charge in [0.25, 0.3) is 11.7 Å². The average Bonchev–Trinajstić information content (AvgIpc) is 2.88. The van der Waals surface area contributed by atoms with Crippen LogP contribution in [0.2, 0.25) is 0 Å². The van der Waals surface area contributed by atoms with Crippen LogP contribution in [0.15, 0.2) is 22.7 Å². The van der Waals surface area contributed by atoms with E-state index < -0.39 is 11.7 Å². The maximum Gasteiger partial charge on any atom is 0.299 e. The summed E-state index contributed by atoms with van der Waals surface area (Å²) in [6.07, 6.45) is 0. The third-order valence-electron chi connectivity index (χ3n) is 2.99. The third kappa shape index (κ3) is 1.81. The topological polar surface area (TPSA) is 76.3 Å². The Morgan fingerprint density at radius 1 is 1.26 bits per heavy atom. The highest BCUT2D eigenvalue weighted by Gasteiger charge is 2.36. The van der Waals surface area contributed by atoms with Crippen LogP contribution in [0.1, 0.15) is 27.6 Å². The molecule has 1 aliphatic heterocycles. The highest BCUT2D eigenvalue weighted by Crippen LogP contribution is 2.30. The standard InChI is InChI=1S/C13H11N3O3/c1-7-3-4-10-9(5-7)12(17)13(18)16(10)6-11-14-8(2)15-19-11/h3-5H,6H2,1-2H3. The number of nitrogens with zero attached hydrogens (tertiary/aromatic N) is 3. The maximum atomic E-state index is 12.0. The normalized spacial score (nSPS) is 14.1. The van der Waals surface area contributed by atoms with Crippen molar-refractivity contribution in [2.45, 2.75) is 20.4 Å². The van der Waals surface area contributed by atoms with Gasteiger partial charge in [-0.3, -0.25) is 14.5 Å². The Labute approximate surface area is 109 Å². The minimum atomic E-state index is -0.559. The van der Waals surface area contributed by atoms with E-state index in [2.05, 4.69) is 10.1 Å². The van der Waals surface area contributed by atoms with Gasteiger partial charge in [0.1, 0.15) is 6.54 Å². The molecule has 0 N–H and O–H groups in total. The van der Waals surface area contributed by atoms with E-state index in [9.17, 15) is 9.59 Å². The molecule has 3 rings (SSSR count). The van der Waals surface area contributed by atoms with E-state index in [-0.39, 0.29) is 6.54 Å². The number of fused-ring (bicyclic) bond motifs is 1. The fourth-order valence-corrected chi connectivity index (χ4v) is 2.11. The first-order chi connectivity index (χ1) is 9.06. The number of hydrogen-bond acceptors (Lipinski definition) is 5. The van der Waals surface area contributed by atoms with Crippen molar-refractivity contribution < 1.29 is 14.1 Å². The van der Waals surface area contributed by atoms with E-state index in [0.717, 1.165) is 5.56 Å². The minimum Gasteiger partial charge on any atom is -0.337 e. The number of benzene rings is 1. The lowest BCUT2D eigenvalue weighted by Gasteiger charge is -2.13. The number of anilines is 1. The number of hydrogen-bond donors (Lipinski definition) is 0. The number of aromatic nitrogens is 2. The summed E-state index contributed by atoms with van der Waals surface area (Å²) in [5.74, 6) is -0.240. The van der Waals surface area contributed by atoms with Crippen LogP contribution in [0.25, 0.3) is 0 Å². The SMILES string of the molecule is Cc1ccc2c(c1)C(=O)C(=O)N2Cc1nc(C)no1. The molecule has 19 heavy (non-hydrogen) atoms. The van der Waals surface area contributed by atoms with E-state index in [1.54, 1.807) is 19.1 Å². The molecule has 0 saturated carbocycles. The predicted octanol–water partition coefficient (Wildman–Crippen LogP) is 1.42. The molecule has 0 spiro atoms. The van der Waals surface area contributed by atoms with Crippen LogP contribution in [0.5, 0.6) is 0 Å². The van der Waals surface area contributed by atoms with Crippen molar-refractivity contribution in [3.05, 3.63) is 41.0 Å². The Hall–Kier alpha value is -2.50. The number of rotatable bonds is 2. The van der Waals surface area contributed by atoms with Gasteiger partial charge in [-0.1, -0.05) is 16.8 Å². The summed E-state index contributed by atoms with van der Waals surface area (Å²) in [6, 6.07) is 5.34. The molecule has 1 aliphatic rings. The lowest BCUT2D eigenvalue weighted by atomic mass is 10.1. The second-order valence-corrected chi connectivity index (χ2v) is 4.48. The number of carbonyl (C=O) groups excluding carboxylic acids is 2. The van der Waals surface area contributed by atoms with Crippen molar-refractivity contribution in [3.63, 3.8) is 0 Å².